The number of benzene rings is 1. The van der Waals surface area contributed by atoms with Crippen molar-refractivity contribution in [2.45, 2.75) is 19.3 Å². The highest BCUT2D eigenvalue weighted by molar-refractivity contribution is 5.89. The number of anilines is 1. The van der Waals surface area contributed by atoms with Crippen LogP contribution in [-0.4, -0.2) is 12.5 Å². The molecule has 3 heteroatoms. The zero-order chi connectivity index (χ0) is 10.8. The lowest BCUT2D eigenvalue weighted by atomic mass is 10.1. The minimum Gasteiger partial charge on any atom is -0.330 e. The van der Waals surface area contributed by atoms with E-state index in [0.717, 1.165) is 18.7 Å². The summed E-state index contributed by atoms with van der Waals surface area (Å²) in [5.41, 5.74) is 7.79. The van der Waals surface area contributed by atoms with Crippen LogP contribution in [0.5, 0.6) is 0 Å². The van der Waals surface area contributed by atoms with Gasteiger partial charge >= 0.3 is 0 Å². The molecule has 15 heavy (non-hydrogen) atoms. The summed E-state index contributed by atoms with van der Waals surface area (Å²) < 4.78 is 0. The first-order valence-electron chi connectivity index (χ1n) is 5.29. The van der Waals surface area contributed by atoms with Crippen LogP contribution in [-0.2, 0) is 4.79 Å². The van der Waals surface area contributed by atoms with Gasteiger partial charge in [-0.1, -0.05) is 18.2 Å². The van der Waals surface area contributed by atoms with Gasteiger partial charge in [-0.2, -0.15) is 0 Å². The van der Waals surface area contributed by atoms with Crippen molar-refractivity contribution in [3.63, 3.8) is 0 Å². The van der Waals surface area contributed by atoms with Crippen LogP contribution in [0.4, 0.5) is 5.69 Å². The number of rotatable bonds is 3. The molecule has 1 aromatic rings. The Kier molecular flexibility index (Phi) is 2.73. The molecule has 0 saturated heterocycles. The van der Waals surface area contributed by atoms with Gasteiger partial charge in [0.1, 0.15) is 0 Å². The van der Waals surface area contributed by atoms with E-state index in [9.17, 15) is 4.79 Å². The summed E-state index contributed by atoms with van der Waals surface area (Å²) in [6.45, 7) is 2.27. The third-order valence-electron chi connectivity index (χ3n) is 2.90. The molecule has 3 N–H and O–H groups in total. The Labute approximate surface area is 89.7 Å². The first kappa shape index (κ1) is 10.2. The zero-order valence-electron chi connectivity index (χ0n) is 8.86. The number of carbonyl (C=O) groups excluding carboxylic acids is 1. The van der Waals surface area contributed by atoms with Gasteiger partial charge in [0.25, 0.3) is 0 Å². The predicted molar refractivity (Wildman–Crippen MR) is 60.6 cm³/mol. The molecule has 1 fully saturated rings. The normalized spacial score (nSPS) is 23.6. The van der Waals surface area contributed by atoms with E-state index in [-0.39, 0.29) is 5.91 Å². The molecule has 1 saturated carbocycles. The summed E-state index contributed by atoms with van der Waals surface area (Å²) in [5.74, 6) is 1.12. The maximum Gasteiger partial charge on any atom is 0.221 e. The summed E-state index contributed by atoms with van der Waals surface area (Å²) in [6.07, 6.45) is 1.15. The maximum absolute atomic E-state index is 11.0. The zero-order valence-corrected chi connectivity index (χ0v) is 8.86. The van der Waals surface area contributed by atoms with Crippen molar-refractivity contribution in [1.29, 1.82) is 0 Å². The van der Waals surface area contributed by atoms with E-state index in [1.54, 1.807) is 0 Å². The van der Waals surface area contributed by atoms with Gasteiger partial charge in [-0.3, -0.25) is 4.79 Å². The lowest BCUT2D eigenvalue weighted by Crippen LogP contribution is -2.08. The molecule has 80 valence electrons. The van der Waals surface area contributed by atoms with Gasteiger partial charge in [-0.25, -0.2) is 0 Å². The Bertz CT molecular complexity index is 376. The van der Waals surface area contributed by atoms with Gasteiger partial charge in [0.15, 0.2) is 0 Å². The van der Waals surface area contributed by atoms with Crippen LogP contribution in [0.2, 0.25) is 0 Å². The highest BCUT2D eigenvalue weighted by atomic mass is 16.1. The summed E-state index contributed by atoms with van der Waals surface area (Å²) in [6, 6.07) is 7.97. The predicted octanol–water partition coefficient (Wildman–Crippen LogP) is 1.71. The Balaban J connectivity index is 2.19. The minimum absolute atomic E-state index is 0.0209. The van der Waals surface area contributed by atoms with Crippen molar-refractivity contribution in [2.75, 3.05) is 11.9 Å². The van der Waals surface area contributed by atoms with E-state index >= 15 is 0 Å². The molecule has 2 unspecified atom stereocenters. The standard InChI is InChI=1S/C12H16N2O/c1-8(15)14-12-5-3-2-4-10(12)11-6-9(11)7-13/h2-5,9,11H,6-7,13H2,1H3,(H,14,15). The number of hydrogen-bond acceptors (Lipinski definition) is 2. The van der Waals surface area contributed by atoms with Crippen molar-refractivity contribution >= 4 is 11.6 Å². The fourth-order valence-corrected chi connectivity index (χ4v) is 2.01. The average molecular weight is 204 g/mol. The second-order valence-corrected chi connectivity index (χ2v) is 4.11. The second kappa shape index (κ2) is 4.03. The molecule has 1 aromatic carbocycles. The number of nitrogens with two attached hydrogens (primary N) is 1. The van der Waals surface area contributed by atoms with E-state index in [2.05, 4.69) is 11.4 Å². The van der Waals surface area contributed by atoms with Gasteiger partial charge in [0, 0.05) is 12.6 Å². The van der Waals surface area contributed by atoms with Crippen LogP contribution in [0.1, 0.15) is 24.8 Å². The Hall–Kier alpha value is -1.35. The van der Waals surface area contributed by atoms with Crippen molar-refractivity contribution in [2.24, 2.45) is 11.7 Å². The Morgan fingerprint density at radius 2 is 2.27 bits per heavy atom. The molecule has 0 aromatic heterocycles. The fraction of sp³-hybridized carbons (Fsp3) is 0.417. The van der Waals surface area contributed by atoms with Crippen molar-refractivity contribution < 1.29 is 4.79 Å². The van der Waals surface area contributed by atoms with E-state index in [1.165, 1.54) is 12.5 Å². The minimum atomic E-state index is -0.0209. The van der Waals surface area contributed by atoms with Gasteiger partial charge < -0.3 is 11.1 Å². The number of nitrogens with one attached hydrogen (secondary N) is 1. The summed E-state index contributed by atoms with van der Waals surface area (Å²) in [5, 5.41) is 2.86. The van der Waals surface area contributed by atoms with Crippen LogP contribution in [0, 0.1) is 5.92 Å². The van der Waals surface area contributed by atoms with Crippen molar-refractivity contribution in [3.05, 3.63) is 29.8 Å². The van der Waals surface area contributed by atoms with Crippen LogP contribution in [0.3, 0.4) is 0 Å². The lowest BCUT2D eigenvalue weighted by molar-refractivity contribution is -0.114. The summed E-state index contributed by atoms with van der Waals surface area (Å²) in [4.78, 5) is 11.0. The molecule has 1 amide bonds. The lowest BCUT2D eigenvalue weighted by Gasteiger charge is -2.08. The van der Waals surface area contributed by atoms with E-state index < -0.39 is 0 Å². The molecule has 0 spiro atoms. The topological polar surface area (TPSA) is 55.1 Å². The van der Waals surface area contributed by atoms with Gasteiger partial charge in [-0.05, 0) is 36.4 Å². The van der Waals surface area contributed by atoms with Gasteiger partial charge in [-0.15, -0.1) is 0 Å². The summed E-state index contributed by atoms with van der Waals surface area (Å²) in [7, 11) is 0. The highest BCUT2D eigenvalue weighted by Gasteiger charge is 2.38. The molecule has 1 aliphatic carbocycles. The third-order valence-corrected chi connectivity index (χ3v) is 2.90. The van der Waals surface area contributed by atoms with Crippen molar-refractivity contribution in [3.8, 4) is 0 Å². The monoisotopic (exact) mass is 204 g/mol. The molecule has 0 heterocycles. The quantitative estimate of drug-likeness (QED) is 0.787. The van der Waals surface area contributed by atoms with Crippen LogP contribution in [0.15, 0.2) is 24.3 Å². The number of carbonyl (C=O) groups is 1. The highest BCUT2D eigenvalue weighted by Crippen LogP contribution is 2.48. The molecular formula is C12H16N2O. The summed E-state index contributed by atoms with van der Waals surface area (Å²) >= 11 is 0. The first-order chi connectivity index (χ1) is 7.22. The molecular weight excluding hydrogens is 188 g/mol. The van der Waals surface area contributed by atoms with E-state index in [0.29, 0.717) is 11.8 Å². The van der Waals surface area contributed by atoms with Crippen molar-refractivity contribution in [1.82, 2.24) is 0 Å². The van der Waals surface area contributed by atoms with E-state index in [4.69, 9.17) is 5.73 Å². The molecule has 1 aliphatic rings. The SMILES string of the molecule is CC(=O)Nc1ccccc1C1CC1CN. The fourth-order valence-electron chi connectivity index (χ4n) is 2.01. The molecule has 0 radical (unpaired) electrons. The average Bonchev–Trinajstić information content (AvgIpc) is 2.97. The van der Waals surface area contributed by atoms with Crippen LogP contribution < -0.4 is 11.1 Å². The largest absolute Gasteiger partial charge is 0.330 e. The third kappa shape index (κ3) is 2.18. The van der Waals surface area contributed by atoms with E-state index in [1.807, 2.05) is 18.2 Å². The number of amides is 1. The molecule has 3 nitrogen and oxygen atoms in total. The second-order valence-electron chi connectivity index (χ2n) is 4.11. The Morgan fingerprint density at radius 3 is 2.87 bits per heavy atom. The van der Waals surface area contributed by atoms with Crippen LogP contribution in [0.25, 0.3) is 0 Å². The molecule has 2 rings (SSSR count). The maximum atomic E-state index is 11.0. The number of para-hydroxylation sites is 1. The number of hydrogen-bond donors (Lipinski definition) is 2. The molecule has 2 atom stereocenters. The van der Waals surface area contributed by atoms with Gasteiger partial charge in [0.05, 0.1) is 0 Å². The first-order valence-corrected chi connectivity index (χ1v) is 5.29. The molecule has 0 aliphatic heterocycles. The van der Waals surface area contributed by atoms with Gasteiger partial charge in [0.2, 0.25) is 5.91 Å². The Morgan fingerprint density at radius 1 is 1.53 bits per heavy atom. The smallest absolute Gasteiger partial charge is 0.221 e. The molecule has 0 bridgehead atoms. The van der Waals surface area contributed by atoms with Crippen LogP contribution >= 0.6 is 0 Å².